The summed E-state index contributed by atoms with van der Waals surface area (Å²) in [6.45, 7) is -0.0117. The quantitative estimate of drug-likeness (QED) is 0.585. The van der Waals surface area contributed by atoms with Crippen LogP contribution in [0.4, 0.5) is 5.69 Å². The lowest BCUT2D eigenvalue weighted by Crippen LogP contribution is -2.37. The molecule has 0 spiro atoms. The Bertz CT molecular complexity index is 758. The van der Waals surface area contributed by atoms with Gasteiger partial charge < -0.3 is 9.64 Å². The molecule has 5 nitrogen and oxygen atoms in total. The molecule has 3 rings (SSSR count). The molecule has 1 aromatic carbocycles. The van der Waals surface area contributed by atoms with E-state index in [1.54, 1.807) is 22.4 Å². The van der Waals surface area contributed by atoms with Gasteiger partial charge in [0.15, 0.2) is 6.61 Å². The van der Waals surface area contributed by atoms with Gasteiger partial charge in [0.25, 0.3) is 0 Å². The van der Waals surface area contributed by atoms with Crippen molar-refractivity contribution in [2.24, 2.45) is 0 Å². The number of carbonyl (C=O) groups is 3. The second-order valence-corrected chi connectivity index (χ2v) is 7.08. The Morgan fingerprint density at radius 1 is 1.17 bits per heavy atom. The molecule has 2 aromatic rings. The molecule has 0 saturated carbocycles. The minimum atomic E-state index is -0.483. The first-order valence-electron chi connectivity index (χ1n) is 7.39. The fourth-order valence-corrected chi connectivity index (χ4v) is 3.92. The third-order valence-corrected chi connectivity index (χ3v) is 5.47. The summed E-state index contributed by atoms with van der Waals surface area (Å²) >= 11 is 2.81. The van der Waals surface area contributed by atoms with E-state index in [1.165, 1.54) is 23.1 Å². The zero-order valence-corrected chi connectivity index (χ0v) is 14.4. The molecule has 1 aliphatic rings. The van der Waals surface area contributed by atoms with Gasteiger partial charge in [0, 0.05) is 11.4 Å². The van der Waals surface area contributed by atoms with Crippen molar-refractivity contribution in [1.82, 2.24) is 0 Å². The first-order chi connectivity index (χ1) is 11.6. The second-order valence-electron chi connectivity index (χ2n) is 5.11. The van der Waals surface area contributed by atoms with Crippen molar-refractivity contribution in [2.45, 2.75) is 11.3 Å². The van der Waals surface area contributed by atoms with Crippen LogP contribution in [0.2, 0.25) is 0 Å². The van der Waals surface area contributed by atoms with E-state index in [2.05, 4.69) is 0 Å². The Balaban J connectivity index is 1.53. The fourth-order valence-electron chi connectivity index (χ4n) is 2.33. The molecule has 0 atom stereocenters. The monoisotopic (exact) mass is 361 g/mol. The minimum absolute atomic E-state index is 0.0267. The lowest BCUT2D eigenvalue weighted by atomic mass is 10.2. The number of fused-ring (bicyclic) bond motifs is 1. The van der Waals surface area contributed by atoms with E-state index in [0.717, 1.165) is 10.6 Å². The predicted molar refractivity (Wildman–Crippen MR) is 93.7 cm³/mol. The van der Waals surface area contributed by atoms with Gasteiger partial charge in [0.2, 0.25) is 11.7 Å². The van der Waals surface area contributed by atoms with Crippen molar-refractivity contribution in [3.8, 4) is 0 Å². The van der Waals surface area contributed by atoms with Crippen LogP contribution >= 0.6 is 23.1 Å². The van der Waals surface area contributed by atoms with Gasteiger partial charge in [0.05, 0.1) is 22.7 Å². The van der Waals surface area contributed by atoms with Crippen LogP contribution in [0.1, 0.15) is 16.1 Å². The van der Waals surface area contributed by atoms with Gasteiger partial charge in [-0.15, -0.1) is 23.1 Å². The van der Waals surface area contributed by atoms with Crippen LogP contribution in [0.15, 0.2) is 46.7 Å². The Kier molecular flexibility index (Phi) is 5.32. The number of anilines is 1. The number of para-hydroxylation sites is 1. The lowest BCUT2D eigenvalue weighted by molar-refractivity contribution is -0.142. The molecule has 0 saturated heterocycles. The Labute approximate surface area is 147 Å². The zero-order chi connectivity index (χ0) is 16.9. The first kappa shape index (κ1) is 16.7. The van der Waals surface area contributed by atoms with Crippen LogP contribution in [0.25, 0.3) is 0 Å². The molecule has 7 heteroatoms. The maximum Gasteiger partial charge on any atom is 0.308 e. The largest absolute Gasteiger partial charge is 0.457 e. The highest BCUT2D eigenvalue weighted by atomic mass is 32.2. The Morgan fingerprint density at radius 2 is 2.00 bits per heavy atom. The van der Waals surface area contributed by atoms with E-state index < -0.39 is 5.97 Å². The minimum Gasteiger partial charge on any atom is -0.457 e. The summed E-state index contributed by atoms with van der Waals surface area (Å²) in [6, 6.07) is 11.1. The highest BCUT2D eigenvalue weighted by Crippen LogP contribution is 2.34. The number of hydrogen-bond acceptors (Lipinski definition) is 6. The Morgan fingerprint density at radius 3 is 2.79 bits per heavy atom. The van der Waals surface area contributed by atoms with Gasteiger partial charge >= 0.3 is 5.97 Å². The number of Topliss-reactive ketones (excluding diaryl/α,β-unsaturated/α-hetero) is 1. The van der Waals surface area contributed by atoms with E-state index in [0.29, 0.717) is 10.6 Å². The number of esters is 1. The average Bonchev–Trinajstić information content (AvgIpc) is 3.13. The van der Waals surface area contributed by atoms with E-state index in [-0.39, 0.29) is 31.3 Å². The molecule has 124 valence electrons. The summed E-state index contributed by atoms with van der Waals surface area (Å²) in [5, 5.41) is 1.80. The number of thioether (sulfide) groups is 1. The van der Waals surface area contributed by atoms with Gasteiger partial charge in [-0.05, 0) is 23.6 Å². The van der Waals surface area contributed by atoms with Crippen molar-refractivity contribution in [3.05, 3.63) is 46.7 Å². The standard InChI is InChI=1S/C17H15NO4S2/c19-13(15-6-3-9-23-15)10-22-17(21)7-8-18-12-4-1-2-5-14(12)24-11-16(18)20/h1-6,9H,7-8,10-11H2. The van der Waals surface area contributed by atoms with Crippen molar-refractivity contribution in [2.75, 3.05) is 23.8 Å². The molecular weight excluding hydrogens is 346 g/mol. The van der Waals surface area contributed by atoms with Crippen molar-refractivity contribution < 1.29 is 19.1 Å². The molecule has 0 unspecified atom stereocenters. The highest BCUT2D eigenvalue weighted by Gasteiger charge is 2.25. The van der Waals surface area contributed by atoms with Crippen LogP contribution in [0.3, 0.4) is 0 Å². The van der Waals surface area contributed by atoms with Crippen molar-refractivity contribution >= 4 is 46.4 Å². The molecule has 0 radical (unpaired) electrons. The molecule has 0 bridgehead atoms. The van der Waals surface area contributed by atoms with E-state index in [4.69, 9.17) is 4.74 Å². The molecule has 1 aliphatic heterocycles. The van der Waals surface area contributed by atoms with Crippen molar-refractivity contribution in [3.63, 3.8) is 0 Å². The van der Waals surface area contributed by atoms with Crippen molar-refractivity contribution in [1.29, 1.82) is 0 Å². The molecular formula is C17H15NO4S2. The van der Waals surface area contributed by atoms with E-state index in [9.17, 15) is 14.4 Å². The topological polar surface area (TPSA) is 63.7 Å². The summed E-state index contributed by atoms with van der Waals surface area (Å²) < 4.78 is 5.02. The average molecular weight is 361 g/mol. The normalized spacial score (nSPS) is 13.5. The highest BCUT2D eigenvalue weighted by molar-refractivity contribution is 8.00. The zero-order valence-electron chi connectivity index (χ0n) is 12.8. The Hall–Kier alpha value is -2.12. The number of rotatable bonds is 6. The number of hydrogen-bond donors (Lipinski definition) is 0. The summed E-state index contributed by atoms with van der Waals surface area (Å²) in [7, 11) is 0. The molecule has 1 amide bonds. The number of ether oxygens (including phenoxy) is 1. The number of nitrogens with zero attached hydrogens (tertiary/aromatic N) is 1. The van der Waals surface area contributed by atoms with Gasteiger partial charge in [-0.3, -0.25) is 14.4 Å². The number of carbonyl (C=O) groups excluding carboxylic acids is 3. The van der Waals surface area contributed by atoms with E-state index in [1.807, 2.05) is 24.3 Å². The molecule has 0 fully saturated rings. The maximum atomic E-state index is 12.1. The lowest BCUT2D eigenvalue weighted by Gasteiger charge is -2.28. The predicted octanol–water partition coefficient (Wildman–Crippen LogP) is 3.00. The van der Waals surface area contributed by atoms with Crippen LogP contribution in [-0.2, 0) is 14.3 Å². The molecule has 24 heavy (non-hydrogen) atoms. The molecule has 2 heterocycles. The van der Waals surface area contributed by atoms with Gasteiger partial charge in [0.1, 0.15) is 0 Å². The van der Waals surface area contributed by atoms with Gasteiger partial charge in [-0.1, -0.05) is 18.2 Å². The molecule has 1 aromatic heterocycles. The third kappa shape index (κ3) is 3.85. The SMILES string of the molecule is O=C(CCN1C(=O)CSc2ccccc21)OCC(=O)c1cccs1. The summed E-state index contributed by atoms with van der Waals surface area (Å²) in [4.78, 5) is 39.0. The third-order valence-electron chi connectivity index (χ3n) is 3.51. The first-order valence-corrected chi connectivity index (χ1v) is 9.26. The van der Waals surface area contributed by atoms with Crippen LogP contribution in [0.5, 0.6) is 0 Å². The summed E-state index contributed by atoms with van der Waals surface area (Å²) in [5.41, 5.74) is 0.821. The summed E-state index contributed by atoms with van der Waals surface area (Å²) in [6.07, 6.45) is 0.0580. The van der Waals surface area contributed by atoms with Crippen LogP contribution in [-0.4, -0.2) is 36.6 Å². The number of amides is 1. The maximum absolute atomic E-state index is 12.1. The van der Waals surface area contributed by atoms with Crippen LogP contribution in [0, 0.1) is 0 Å². The summed E-state index contributed by atoms with van der Waals surface area (Å²) in [5.74, 6) is -0.359. The van der Waals surface area contributed by atoms with Gasteiger partial charge in [-0.2, -0.15) is 0 Å². The molecule has 0 aliphatic carbocycles. The number of ketones is 1. The fraction of sp³-hybridized carbons (Fsp3) is 0.235. The van der Waals surface area contributed by atoms with Gasteiger partial charge in [-0.25, -0.2) is 0 Å². The number of thiophene rings is 1. The molecule has 0 N–H and O–H groups in total. The van der Waals surface area contributed by atoms with E-state index >= 15 is 0 Å². The number of benzene rings is 1. The smallest absolute Gasteiger partial charge is 0.308 e. The van der Waals surface area contributed by atoms with Crippen LogP contribution < -0.4 is 4.90 Å². The second kappa shape index (κ2) is 7.63.